The Morgan fingerprint density at radius 2 is 0.556 bits per heavy atom. The van der Waals surface area contributed by atoms with Gasteiger partial charge in [-0.1, -0.05) is 56.1 Å². The molecule has 0 aliphatic heterocycles. The second-order valence-corrected chi connectivity index (χ2v) is 11.7. The number of ether oxygens (including phenoxy) is 5. The molecule has 45 heavy (non-hydrogen) atoms. The molecule has 6 rings (SSSR count). The molecule has 4 N–H and O–H groups in total. The molecule has 7 nitrogen and oxygen atoms in total. The minimum atomic E-state index is 0.563. The fourth-order valence-electron chi connectivity index (χ4n) is 4.35. The molecule has 0 aliphatic rings. The normalized spacial score (nSPS) is 10.6. The average Bonchev–Trinajstić information content (AvgIpc) is 2.97. The molecular formula is C36H26Br2N2O5. The second kappa shape index (κ2) is 13.7. The molecular weight excluding hydrogens is 700 g/mol. The zero-order chi connectivity index (χ0) is 31.2. The summed E-state index contributed by atoms with van der Waals surface area (Å²) in [7, 11) is 0. The number of benzene rings is 6. The van der Waals surface area contributed by atoms with Crippen molar-refractivity contribution in [1.29, 1.82) is 0 Å². The maximum atomic E-state index is 6.23. The number of nitrogens with two attached hydrogens (primary N) is 2. The van der Waals surface area contributed by atoms with Gasteiger partial charge in [0, 0.05) is 56.7 Å². The van der Waals surface area contributed by atoms with E-state index in [0.29, 0.717) is 68.9 Å². The number of hydrogen-bond donors (Lipinski definition) is 2. The van der Waals surface area contributed by atoms with Gasteiger partial charge in [0.25, 0.3) is 0 Å². The molecule has 0 aliphatic carbocycles. The van der Waals surface area contributed by atoms with E-state index in [9.17, 15) is 0 Å². The molecule has 0 fully saturated rings. The average molecular weight is 726 g/mol. The van der Waals surface area contributed by atoms with Gasteiger partial charge in [-0.3, -0.25) is 0 Å². The quantitative estimate of drug-likeness (QED) is 0.136. The molecule has 0 unspecified atom stereocenters. The van der Waals surface area contributed by atoms with Crippen LogP contribution in [-0.4, -0.2) is 0 Å². The van der Waals surface area contributed by atoms with E-state index in [0.717, 1.165) is 8.95 Å². The van der Waals surface area contributed by atoms with Gasteiger partial charge in [-0.05, 0) is 72.8 Å². The van der Waals surface area contributed by atoms with E-state index in [2.05, 4.69) is 31.9 Å². The first-order valence-electron chi connectivity index (χ1n) is 13.7. The molecule has 0 saturated carbocycles. The fraction of sp³-hybridized carbons (Fsp3) is 0. The van der Waals surface area contributed by atoms with E-state index >= 15 is 0 Å². The highest BCUT2D eigenvalue weighted by molar-refractivity contribution is 9.10. The van der Waals surface area contributed by atoms with Crippen molar-refractivity contribution in [1.82, 2.24) is 0 Å². The molecule has 6 aromatic rings. The highest BCUT2D eigenvalue weighted by atomic mass is 79.9. The van der Waals surface area contributed by atoms with Crippen LogP contribution in [0.15, 0.2) is 142 Å². The van der Waals surface area contributed by atoms with E-state index in [4.69, 9.17) is 35.2 Å². The molecule has 0 bridgehead atoms. The van der Waals surface area contributed by atoms with Crippen LogP contribution in [0.4, 0.5) is 11.4 Å². The van der Waals surface area contributed by atoms with Crippen LogP contribution in [0.3, 0.4) is 0 Å². The van der Waals surface area contributed by atoms with E-state index in [1.165, 1.54) is 0 Å². The maximum Gasteiger partial charge on any atom is 0.132 e. The Morgan fingerprint density at radius 3 is 0.889 bits per heavy atom. The van der Waals surface area contributed by atoms with Crippen molar-refractivity contribution in [3.8, 4) is 57.5 Å². The van der Waals surface area contributed by atoms with Crippen molar-refractivity contribution in [2.24, 2.45) is 0 Å². The molecule has 6 aromatic carbocycles. The van der Waals surface area contributed by atoms with Gasteiger partial charge in [-0.2, -0.15) is 0 Å². The third-order valence-corrected chi connectivity index (χ3v) is 7.11. The highest BCUT2D eigenvalue weighted by Gasteiger charge is 2.10. The minimum Gasteiger partial charge on any atom is -0.457 e. The second-order valence-electron chi connectivity index (χ2n) is 9.85. The molecule has 0 aromatic heterocycles. The summed E-state index contributed by atoms with van der Waals surface area (Å²) in [5.74, 6) is 5.99. The number of halogens is 2. The Labute approximate surface area is 277 Å². The first kappa shape index (κ1) is 29.9. The summed E-state index contributed by atoms with van der Waals surface area (Å²) in [5, 5.41) is 0. The first-order valence-corrected chi connectivity index (χ1v) is 15.3. The number of rotatable bonds is 10. The first-order chi connectivity index (χ1) is 21.8. The molecule has 0 saturated heterocycles. The van der Waals surface area contributed by atoms with Crippen molar-refractivity contribution in [2.75, 3.05) is 11.5 Å². The lowest BCUT2D eigenvalue weighted by Gasteiger charge is -2.13. The van der Waals surface area contributed by atoms with E-state index < -0.39 is 0 Å². The van der Waals surface area contributed by atoms with Crippen molar-refractivity contribution in [3.63, 3.8) is 0 Å². The van der Waals surface area contributed by atoms with Gasteiger partial charge in [-0.25, -0.2) is 0 Å². The topological polar surface area (TPSA) is 98.2 Å². The molecule has 224 valence electrons. The Kier molecular flexibility index (Phi) is 9.09. The Hall–Kier alpha value is -5.12. The molecule has 9 heteroatoms. The Morgan fingerprint density at radius 1 is 0.311 bits per heavy atom. The highest BCUT2D eigenvalue weighted by Crippen LogP contribution is 2.37. The van der Waals surface area contributed by atoms with Crippen LogP contribution >= 0.6 is 31.9 Å². The smallest absolute Gasteiger partial charge is 0.132 e. The fourth-order valence-corrected chi connectivity index (χ4v) is 5.25. The van der Waals surface area contributed by atoms with E-state index in [1.54, 1.807) is 48.5 Å². The van der Waals surface area contributed by atoms with Crippen LogP contribution in [0.25, 0.3) is 0 Å². The van der Waals surface area contributed by atoms with E-state index in [1.807, 2.05) is 84.9 Å². The Bertz CT molecular complexity index is 1830. The number of anilines is 2. The van der Waals surface area contributed by atoms with Crippen LogP contribution in [0.2, 0.25) is 0 Å². The van der Waals surface area contributed by atoms with Crippen LogP contribution in [0.5, 0.6) is 57.5 Å². The van der Waals surface area contributed by atoms with Crippen LogP contribution in [0, 0.1) is 0 Å². The summed E-state index contributed by atoms with van der Waals surface area (Å²) in [6.45, 7) is 0. The third kappa shape index (κ3) is 8.50. The summed E-state index contributed by atoms with van der Waals surface area (Å²) < 4.78 is 32.0. The Balaban J connectivity index is 1.15. The van der Waals surface area contributed by atoms with Gasteiger partial charge in [-0.15, -0.1) is 0 Å². The van der Waals surface area contributed by atoms with Crippen molar-refractivity contribution in [2.45, 2.75) is 0 Å². The maximum absolute atomic E-state index is 6.23. The van der Waals surface area contributed by atoms with Crippen molar-refractivity contribution >= 4 is 43.2 Å². The van der Waals surface area contributed by atoms with Crippen LogP contribution in [-0.2, 0) is 0 Å². The summed E-state index contributed by atoms with van der Waals surface area (Å²) in [5.41, 5.74) is 13.0. The predicted octanol–water partition coefficient (Wildman–Crippen LogP) is 11.3. The van der Waals surface area contributed by atoms with Gasteiger partial charge in [0.1, 0.15) is 57.5 Å². The summed E-state index contributed by atoms with van der Waals surface area (Å²) in [6, 6.07) is 40.2. The van der Waals surface area contributed by atoms with Gasteiger partial charge < -0.3 is 35.2 Å². The van der Waals surface area contributed by atoms with Crippen molar-refractivity contribution in [3.05, 3.63) is 142 Å². The van der Waals surface area contributed by atoms with Crippen molar-refractivity contribution < 1.29 is 23.7 Å². The van der Waals surface area contributed by atoms with E-state index in [-0.39, 0.29) is 0 Å². The zero-order valence-corrected chi connectivity index (χ0v) is 26.8. The third-order valence-electron chi connectivity index (χ3n) is 6.20. The lowest BCUT2D eigenvalue weighted by atomic mass is 10.3. The lowest BCUT2D eigenvalue weighted by molar-refractivity contribution is 0.444. The zero-order valence-electron chi connectivity index (χ0n) is 23.7. The number of hydrogen-bond acceptors (Lipinski definition) is 7. The predicted molar refractivity (Wildman–Crippen MR) is 183 cm³/mol. The van der Waals surface area contributed by atoms with Crippen LogP contribution in [0.1, 0.15) is 0 Å². The van der Waals surface area contributed by atoms with Crippen LogP contribution < -0.4 is 35.2 Å². The molecule has 0 radical (unpaired) electrons. The molecule has 0 amide bonds. The van der Waals surface area contributed by atoms with Gasteiger partial charge in [0.2, 0.25) is 0 Å². The van der Waals surface area contributed by atoms with Gasteiger partial charge in [0.05, 0.1) is 0 Å². The SMILES string of the molecule is Nc1cccc(Oc2cccc(Oc3cc(Br)cc(Oc4cc(Br)cc(Oc5cccc(Oc6cccc(N)c6)c5)c4)c3)c2)c1. The summed E-state index contributed by atoms with van der Waals surface area (Å²) >= 11 is 7.13. The minimum absolute atomic E-state index is 0.563. The molecule has 0 atom stereocenters. The van der Waals surface area contributed by atoms with Gasteiger partial charge >= 0.3 is 0 Å². The molecule has 0 heterocycles. The standard InChI is InChI=1S/C36H26Br2N2O5/c37-23-13-33(43-31-11-3-9-29(19-31)41-27-7-1-5-25(39)17-27)21-35(15-23)45-36-16-24(38)14-34(22-36)44-32-12-4-10-30(20-32)42-28-8-2-6-26(40)18-28/h1-22H,39-40H2. The largest absolute Gasteiger partial charge is 0.457 e. The van der Waals surface area contributed by atoms with Gasteiger partial charge in [0.15, 0.2) is 0 Å². The summed E-state index contributed by atoms with van der Waals surface area (Å²) in [4.78, 5) is 0. The molecule has 0 spiro atoms. The monoisotopic (exact) mass is 724 g/mol. The number of nitrogen functional groups attached to an aromatic ring is 2. The lowest BCUT2D eigenvalue weighted by Crippen LogP contribution is -1.91. The summed E-state index contributed by atoms with van der Waals surface area (Å²) in [6.07, 6.45) is 0.